The summed E-state index contributed by atoms with van der Waals surface area (Å²) in [5, 5.41) is 43.4. The van der Waals surface area contributed by atoms with Gasteiger partial charge in [0, 0.05) is 12.8 Å². The van der Waals surface area contributed by atoms with Crippen LogP contribution in [0.1, 0.15) is 13.3 Å². The zero-order chi connectivity index (χ0) is 22.3. The zero-order valence-electron chi connectivity index (χ0n) is 15.8. The summed E-state index contributed by atoms with van der Waals surface area (Å²) in [5.41, 5.74) is 10.9. The second-order valence-electron chi connectivity index (χ2n) is 6.69. The molecule has 0 bridgehead atoms. The first-order valence-corrected chi connectivity index (χ1v) is 8.70. The monoisotopic (exact) mass is 415 g/mol. The van der Waals surface area contributed by atoms with Crippen LogP contribution in [0.3, 0.4) is 0 Å². The Kier molecular flexibility index (Phi) is 9.29. The van der Waals surface area contributed by atoms with Crippen molar-refractivity contribution in [3.8, 4) is 0 Å². The van der Waals surface area contributed by atoms with Gasteiger partial charge in [0.1, 0.15) is 18.8 Å². The molecule has 7 atom stereocenters. The summed E-state index contributed by atoms with van der Waals surface area (Å²) in [4.78, 5) is 38.9. The molecule has 0 spiro atoms. The SMILES string of the molecule is [B]NC(=O)CO[C@H]1[C@@H]([C@H](NC(C)=O)[C@@H](O)[C@@H](O)CO)[C@H](N=C(N)N)C[C@@H]1C(=O)O. The fourth-order valence-electron chi connectivity index (χ4n) is 3.49. The van der Waals surface area contributed by atoms with Gasteiger partial charge < -0.3 is 47.2 Å². The Balaban J connectivity index is 3.41. The number of amides is 2. The number of aliphatic carboxylic acids is 1. The van der Waals surface area contributed by atoms with Crippen LogP contribution in [0.2, 0.25) is 0 Å². The molecule has 162 valence electrons. The smallest absolute Gasteiger partial charge is 0.309 e. The minimum absolute atomic E-state index is 0.134. The van der Waals surface area contributed by atoms with Crippen molar-refractivity contribution < 1.29 is 39.5 Å². The normalized spacial score (nSPS) is 26.8. The number of nitrogens with two attached hydrogens (primary N) is 2. The number of aliphatic hydroxyl groups is 3. The van der Waals surface area contributed by atoms with Crippen molar-refractivity contribution in [2.45, 2.75) is 43.7 Å². The fourth-order valence-corrected chi connectivity index (χ4v) is 3.49. The Hall–Kier alpha value is -2.42. The van der Waals surface area contributed by atoms with Gasteiger partial charge in [0.15, 0.2) is 5.96 Å². The summed E-state index contributed by atoms with van der Waals surface area (Å²) in [6, 6.07) is -2.25. The molecule has 13 nitrogen and oxygen atoms in total. The molecule has 2 amide bonds. The number of carbonyl (C=O) groups is 3. The predicted molar refractivity (Wildman–Crippen MR) is 99.2 cm³/mol. The molecule has 1 aliphatic carbocycles. The zero-order valence-corrected chi connectivity index (χ0v) is 15.8. The number of carboxylic acids is 1. The van der Waals surface area contributed by atoms with Crippen LogP contribution in [0.25, 0.3) is 0 Å². The quantitative estimate of drug-likeness (QED) is 0.0963. The lowest BCUT2D eigenvalue weighted by Gasteiger charge is -2.36. The van der Waals surface area contributed by atoms with Gasteiger partial charge in [-0.05, 0) is 6.42 Å². The average molecular weight is 415 g/mol. The Morgan fingerprint density at radius 2 is 1.93 bits per heavy atom. The Labute approximate surface area is 167 Å². The maximum absolute atomic E-state index is 11.8. The number of ether oxygens (including phenoxy) is 1. The molecular weight excluding hydrogens is 389 g/mol. The van der Waals surface area contributed by atoms with Crippen molar-refractivity contribution >= 4 is 31.7 Å². The van der Waals surface area contributed by atoms with Gasteiger partial charge in [-0.3, -0.25) is 14.4 Å². The molecule has 1 saturated carbocycles. The number of hydrogen-bond donors (Lipinski definition) is 8. The van der Waals surface area contributed by atoms with Crippen molar-refractivity contribution in [2.24, 2.45) is 28.3 Å². The maximum Gasteiger partial charge on any atom is 0.309 e. The number of rotatable bonds is 10. The van der Waals surface area contributed by atoms with E-state index in [1.165, 1.54) is 0 Å². The lowest BCUT2D eigenvalue weighted by molar-refractivity contribution is -0.150. The van der Waals surface area contributed by atoms with Gasteiger partial charge in [-0.25, -0.2) is 4.99 Å². The molecule has 0 unspecified atom stereocenters. The highest BCUT2D eigenvalue weighted by Crippen LogP contribution is 2.39. The molecule has 10 N–H and O–H groups in total. The van der Waals surface area contributed by atoms with E-state index in [1.807, 2.05) is 5.23 Å². The van der Waals surface area contributed by atoms with E-state index in [-0.39, 0.29) is 12.4 Å². The summed E-state index contributed by atoms with van der Waals surface area (Å²) in [6.07, 6.45) is -4.75. The van der Waals surface area contributed by atoms with Crippen molar-refractivity contribution in [3.63, 3.8) is 0 Å². The summed E-state index contributed by atoms with van der Waals surface area (Å²) >= 11 is 0. The Bertz CT molecular complexity index is 632. The molecule has 0 aliphatic heterocycles. The van der Waals surface area contributed by atoms with Gasteiger partial charge in [0.25, 0.3) is 0 Å². The van der Waals surface area contributed by atoms with Gasteiger partial charge in [-0.15, -0.1) is 0 Å². The average Bonchev–Trinajstić information content (AvgIpc) is 3.00. The Morgan fingerprint density at radius 3 is 2.38 bits per heavy atom. The van der Waals surface area contributed by atoms with Crippen molar-refractivity contribution in [2.75, 3.05) is 13.2 Å². The summed E-state index contributed by atoms with van der Waals surface area (Å²) < 4.78 is 5.45. The first kappa shape index (κ1) is 24.6. The summed E-state index contributed by atoms with van der Waals surface area (Å²) in [5.74, 6) is -5.27. The lowest BCUT2D eigenvalue weighted by Crippen LogP contribution is -2.57. The third kappa shape index (κ3) is 6.56. The largest absolute Gasteiger partial charge is 0.481 e. The topological polar surface area (TPSA) is 230 Å². The van der Waals surface area contributed by atoms with E-state index in [9.17, 15) is 34.8 Å². The van der Waals surface area contributed by atoms with Crippen LogP contribution in [0, 0.1) is 11.8 Å². The molecule has 1 fully saturated rings. The molecule has 0 aromatic rings. The second-order valence-corrected chi connectivity index (χ2v) is 6.69. The number of hydrogen-bond acceptors (Lipinski definition) is 8. The molecule has 0 heterocycles. The predicted octanol–water partition coefficient (Wildman–Crippen LogP) is -4.85. The first-order chi connectivity index (χ1) is 13.5. The van der Waals surface area contributed by atoms with E-state index in [4.69, 9.17) is 24.2 Å². The number of guanidine groups is 1. The number of carboxylic acid groups (broad SMARTS) is 1. The molecule has 1 rings (SSSR count). The van der Waals surface area contributed by atoms with E-state index in [1.54, 1.807) is 0 Å². The highest BCUT2D eigenvalue weighted by atomic mass is 16.5. The van der Waals surface area contributed by atoms with Gasteiger partial charge in [-0.2, -0.15) is 0 Å². The van der Waals surface area contributed by atoms with Crippen LogP contribution >= 0.6 is 0 Å². The van der Waals surface area contributed by atoms with E-state index in [2.05, 4.69) is 10.3 Å². The molecule has 0 saturated heterocycles. The summed E-state index contributed by atoms with van der Waals surface area (Å²) in [7, 11) is 5.00. The van der Waals surface area contributed by atoms with Crippen LogP contribution in [-0.2, 0) is 19.1 Å². The molecule has 2 radical (unpaired) electrons. The van der Waals surface area contributed by atoms with Gasteiger partial charge in [0.05, 0.1) is 30.7 Å². The molecule has 14 heteroatoms. The number of nitrogens with one attached hydrogen (secondary N) is 2. The number of nitrogens with zero attached hydrogens (tertiary/aromatic N) is 1. The third-order valence-corrected chi connectivity index (χ3v) is 4.65. The van der Waals surface area contributed by atoms with Gasteiger partial charge in [0.2, 0.25) is 19.8 Å². The van der Waals surface area contributed by atoms with Crippen molar-refractivity contribution in [1.82, 2.24) is 10.5 Å². The number of aliphatic imine (C=N–C) groups is 1. The maximum atomic E-state index is 11.8. The van der Waals surface area contributed by atoms with Crippen molar-refractivity contribution in [1.29, 1.82) is 0 Å². The van der Waals surface area contributed by atoms with Crippen LogP contribution in [0.5, 0.6) is 0 Å². The lowest BCUT2D eigenvalue weighted by atomic mass is 9.85. The number of carbonyl (C=O) groups excluding carboxylic acids is 2. The molecule has 29 heavy (non-hydrogen) atoms. The summed E-state index contributed by atoms with van der Waals surface area (Å²) in [6.45, 7) is -0.302. The fraction of sp³-hybridized carbons (Fsp3) is 0.733. The third-order valence-electron chi connectivity index (χ3n) is 4.65. The van der Waals surface area contributed by atoms with Gasteiger partial charge >= 0.3 is 5.97 Å². The standard InChI is InChI=1S/C15H26BN5O8/c1-5(23)19-11(12(26)8(24)3-22)10-7(20-15(17)18)2-6(14(27)28)13(10)29-4-9(25)21-16/h6-8,10-13,22,24,26H,2-4H2,1H3,(H,19,23)(H,21,25)(H,27,28)(H4,17,18,20)/t6-,7+,8-,10+,11-,12-,13+/m0/s1. The van der Waals surface area contributed by atoms with Crippen LogP contribution in [-0.4, -0.2) is 95.8 Å². The molecule has 1 aliphatic rings. The second kappa shape index (κ2) is 10.9. The van der Waals surface area contributed by atoms with E-state index < -0.39 is 73.2 Å². The van der Waals surface area contributed by atoms with Crippen LogP contribution in [0.15, 0.2) is 4.99 Å². The van der Waals surface area contributed by atoms with E-state index in [0.29, 0.717) is 0 Å². The minimum atomic E-state index is -1.72. The number of aliphatic hydroxyl groups excluding tert-OH is 3. The Morgan fingerprint density at radius 1 is 1.31 bits per heavy atom. The van der Waals surface area contributed by atoms with Crippen molar-refractivity contribution in [3.05, 3.63) is 0 Å². The molecular formula is C15H26BN5O8. The molecule has 0 aromatic heterocycles. The molecule has 0 aromatic carbocycles. The highest BCUT2D eigenvalue weighted by Gasteiger charge is 2.53. The minimum Gasteiger partial charge on any atom is -0.481 e. The van der Waals surface area contributed by atoms with Crippen LogP contribution < -0.4 is 22.0 Å². The van der Waals surface area contributed by atoms with E-state index >= 15 is 0 Å². The van der Waals surface area contributed by atoms with Crippen LogP contribution in [0.4, 0.5) is 0 Å². The first-order valence-electron chi connectivity index (χ1n) is 8.70. The van der Waals surface area contributed by atoms with Gasteiger partial charge in [-0.1, -0.05) is 0 Å². The highest BCUT2D eigenvalue weighted by molar-refractivity contribution is 6.14. The van der Waals surface area contributed by atoms with E-state index in [0.717, 1.165) is 6.92 Å².